The van der Waals surface area contributed by atoms with Crippen molar-refractivity contribution in [1.29, 1.82) is 0 Å². The van der Waals surface area contributed by atoms with Gasteiger partial charge in [-0.2, -0.15) is 0 Å². The van der Waals surface area contributed by atoms with Crippen molar-refractivity contribution in [3.63, 3.8) is 0 Å². The predicted octanol–water partition coefficient (Wildman–Crippen LogP) is 1.16. The summed E-state index contributed by atoms with van der Waals surface area (Å²) in [5.41, 5.74) is 0.977. The standard InChI is InChI=1S/C18H27NO5/c1-5-10-24-14-16(20)13-19(9-11-21-2)12-15-7-6-8-17(22-3)18(15)23-4/h1,6-8,16,20H,9-14H2,2-4H3/t16-/m1/s1. The van der Waals surface area contributed by atoms with Crippen molar-refractivity contribution in [2.45, 2.75) is 12.6 Å². The number of benzene rings is 1. The van der Waals surface area contributed by atoms with Crippen LogP contribution in [0.1, 0.15) is 5.56 Å². The molecule has 0 radical (unpaired) electrons. The van der Waals surface area contributed by atoms with Crippen molar-refractivity contribution in [3.05, 3.63) is 23.8 Å². The molecule has 1 N–H and O–H groups in total. The maximum Gasteiger partial charge on any atom is 0.165 e. The van der Waals surface area contributed by atoms with Crippen LogP contribution in [0.25, 0.3) is 0 Å². The van der Waals surface area contributed by atoms with Crippen LogP contribution < -0.4 is 9.47 Å². The molecule has 1 aromatic rings. The van der Waals surface area contributed by atoms with Crippen LogP contribution in [-0.2, 0) is 16.0 Å². The molecule has 0 saturated carbocycles. The van der Waals surface area contributed by atoms with E-state index in [-0.39, 0.29) is 13.2 Å². The summed E-state index contributed by atoms with van der Waals surface area (Å²) in [5, 5.41) is 10.1. The smallest absolute Gasteiger partial charge is 0.165 e. The molecule has 0 unspecified atom stereocenters. The van der Waals surface area contributed by atoms with Crippen LogP contribution in [0.4, 0.5) is 0 Å². The number of ether oxygens (including phenoxy) is 4. The molecule has 0 aliphatic rings. The maximum atomic E-state index is 10.1. The highest BCUT2D eigenvalue weighted by molar-refractivity contribution is 5.46. The summed E-state index contributed by atoms with van der Waals surface area (Å²) >= 11 is 0. The summed E-state index contributed by atoms with van der Waals surface area (Å²) in [7, 11) is 4.87. The topological polar surface area (TPSA) is 60.4 Å². The van der Waals surface area contributed by atoms with E-state index in [1.165, 1.54) is 0 Å². The van der Waals surface area contributed by atoms with Crippen molar-refractivity contribution in [1.82, 2.24) is 4.90 Å². The van der Waals surface area contributed by atoms with E-state index in [0.717, 1.165) is 5.56 Å². The van der Waals surface area contributed by atoms with Crippen LogP contribution in [-0.4, -0.2) is 70.3 Å². The molecular weight excluding hydrogens is 310 g/mol. The molecule has 0 saturated heterocycles. The van der Waals surface area contributed by atoms with Crippen LogP contribution in [0.3, 0.4) is 0 Å². The SMILES string of the molecule is C#CCOC[C@H](O)CN(CCOC)Cc1cccc(OC)c1OC. The molecule has 0 aliphatic heterocycles. The lowest BCUT2D eigenvalue weighted by Crippen LogP contribution is -2.36. The maximum absolute atomic E-state index is 10.1. The Morgan fingerprint density at radius 1 is 1.25 bits per heavy atom. The first-order chi connectivity index (χ1) is 11.7. The Balaban J connectivity index is 2.77. The summed E-state index contributed by atoms with van der Waals surface area (Å²) in [5.74, 6) is 3.76. The Labute approximate surface area is 144 Å². The molecule has 0 heterocycles. The first-order valence-corrected chi connectivity index (χ1v) is 7.76. The second kappa shape index (κ2) is 11.7. The van der Waals surface area contributed by atoms with Gasteiger partial charge in [-0.05, 0) is 6.07 Å². The van der Waals surface area contributed by atoms with Crippen molar-refractivity contribution >= 4 is 0 Å². The van der Waals surface area contributed by atoms with E-state index in [9.17, 15) is 5.11 Å². The summed E-state index contributed by atoms with van der Waals surface area (Å²) in [6.07, 6.45) is 4.50. The summed E-state index contributed by atoms with van der Waals surface area (Å²) in [6, 6.07) is 5.74. The predicted molar refractivity (Wildman–Crippen MR) is 92.4 cm³/mol. The highest BCUT2D eigenvalue weighted by Gasteiger charge is 2.16. The van der Waals surface area contributed by atoms with Gasteiger partial charge in [-0.25, -0.2) is 0 Å². The number of methoxy groups -OCH3 is 3. The molecule has 1 aromatic carbocycles. The number of hydrogen-bond donors (Lipinski definition) is 1. The van der Waals surface area contributed by atoms with Crippen LogP contribution >= 0.6 is 0 Å². The lowest BCUT2D eigenvalue weighted by molar-refractivity contribution is 0.0206. The zero-order valence-electron chi connectivity index (χ0n) is 14.7. The Morgan fingerprint density at radius 3 is 2.67 bits per heavy atom. The molecule has 1 atom stereocenters. The normalized spacial score (nSPS) is 12.0. The lowest BCUT2D eigenvalue weighted by atomic mass is 10.1. The van der Waals surface area contributed by atoms with Gasteiger partial charge in [0, 0.05) is 32.3 Å². The second-order valence-corrected chi connectivity index (χ2v) is 5.25. The molecule has 134 valence electrons. The zero-order valence-corrected chi connectivity index (χ0v) is 14.7. The Bertz CT molecular complexity index is 515. The minimum Gasteiger partial charge on any atom is -0.493 e. The number of para-hydroxylation sites is 1. The average Bonchev–Trinajstić information content (AvgIpc) is 2.59. The molecule has 0 aromatic heterocycles. The second-order valence-electron chi connectivity index (χ2n) is 5.25. The Kier molecular flexibility index (Phi) is 9.89. The van der Waals surface area contributed by atoms with Crippen molar-refractivity contribution in [2.24, 2.45) is 0 Å². The van der Waals surface area contributed by atoms with E-state index in [4.69, 9.17) is 25.4 Å². The lowest BCUT2D eigenvalue weighted by Gasteiger charge is -2.25. The monoisotopic (exact) mass is 337 g/mol. The number of terminal acetylenes is 1. The van der Waals surface area contributed by atoms with Gasteiger partial charge in [0.2, 0.25) is 0 Å². The van der Waals surface area contributed by atoms with E-state index >= 15 is 0 Å². The van der Waals surface area contributed by atoms with E-state index in [2.05, 4.69) is 10.8 Å². The van der Waals surface area contributed by atoms with Gasteiger partial charge in [-0.3, -0.25) is 4.90 Å². The molecule has 6 heteroatoms. The first kappa shape index (κ1) is 20.3. The van der Waals surface area contributed by atoms with E-state index < -0.39 is 6.10 Å². The summed E-state index contributed by atoms with van der Waals surface area (Å²) in [4.78, 5) is 2.07. The van der Waals surface area contributed by atoms with Gasteiger partial charge >= 0.3 is 0 Å². The average molecular weight is 337 g/mol. The molecule has 0 spiro atoms. The fourth-order valence-electron chi connectivity index (χ4n) is 2.38. The minimum atomic E-state index is -0.633. The molecule has 0 amide bonds. The van der Waals surface area contributed by atoms with Gasteiger partial charge in [0.1, 0.15) is 6.61 Å². The summed E-state index contributed by atoms with van der Waals surface area (Å²) < 4.78 is 21.1. The highest BCUT2D eigenvalue weighted by atomic mass is 16.5. The third-order valence-corrected chi connectivity index (χ3v) is 3.45. The summed E-state index contributed by atoms with van der Waals surface area (Å²) in [6.45, 7) is 2.65. The molecule has 0 bridgehead atoms. The highest BCUT2D eigenvalue weighted by Crippen LogP contribution is 2.31. The number of hydrogen-bond acceptors (Lipinski definition) is 6. The van der Waals surface area contributed by atoms with Gasteiger partial charge in [-0.15, -0.1) is 6.42 Å². The molecule has 24 heavy (non-hydrogen) atoms. The Morgan fingerprint density at radius 2 is 2.04 bits per heavy atom. The number of rotatable bonds is 12. The van der Waals surface area contributed by atoms with E-state index in [0.29, 0.717) is 37.7 Å². The van der Waals surface area contributed by atoms with Crippen molar-refractivity contribution in [2.75, 3.05) is 54.2 Å². The quantitative estimate of drug-likeness (QED) is 0.456. The zero-order chi connectivity index (χ0) is 17.8. The molecular formula is C18H27NO5. The van der Waals surface area contributed by atoms with Gasteiger partial charge < -0.3 is 24.1 Å². The Hall–Kier alpha value is -1.78. The van der Waals surface area contributed by atoms with Crippen LogP contribution in [0.5, 0.6) is 11.5 Å². The first-order valence-electron chi connectivity index (χ1n) is 7.76. The van der Waals surface area contributed by atoms with Gasteiger partial charge in [0.05, 0.1) is 33.5 Å². The molecule has 6 nitrogen and oxygen atoms in total. The fraction of sp³-hybridized carbons (Fsp3) is 0.556. The third kappa shape index (κ3) is 6.77. The molecule has 0 fully saturated rings. The van der Waals surface area contributed by atoms with Crippen LogP contribution in [0.15, 0.2) is 18.2 Å². The fourth-order valence-corrected chi connectivity index (χ4v) is 2.38. The van der Waals surface area contributed by atoms with Gasteiger partial charge in [-0.1, -0.05) is 18.1 Å². The molecule has 1 rings (SSSR count). The van der Waals surface area contributed by atoms with Crippen LogP contribution in [0.2, 0.25) is 0 Å². The number of nitrogens with zero attached hydrogens (tertiary/aromatic N) is 1. The van der Waals surface area contributed by atoms with E-state index in [1.54, 1.807) is 21.3 Å². The largest absolute Gasteiger partial charge is 0.493 e. The minimum absolute atomic E-state index is 0.193. The van der Waals surface area contributed by atoms with E-state index in [1.807, 2.05) is 18.2 Å². The molecule has 0 aliphatic carbocycles. The number of aliphatic hydroxyl groups is 1. The third-order valence-electron chi connectivity index (χ3n) is 3.45. The van der Waals surface area contributed by atoms with Gasteiger partial charge in [0.15, 0.2) is 11.5 Å². The van der Waals surface area contributed by atoms with Crippen molar-refractivity contribution < 1.29 is 24.1 Å². The van der Waals surface area contributed by atoms with Crippen molar-refractivity contribution in [3.8, 4) is 23.8 Å². The number of aliphatic hydroxyl groups excluding tert-OH is 1. The van der Waals surface area contributed by atoms with Crippen LogP contribution in [0, 0.1) is 12.3 Å². The van der Waals surface area contributed by atoms with Gasteiger partial charge in [0.25, 0.3) is 0 Å².